The highest BCUT2D eigenvalue weighted by atomic mass is 16.3. The van der Waals surface area contributed by atoms with Crippen LogP contribution in [0.5, 0.6) is 0 Å². The number of aliphatic hydroxyl groups is 1. The SMILES string of the molecule is Cc1ccc(CN(C(=O)CN2CCCC(C)(CO)C2)C2CC2)o1. The van der Waals surface area contributed by atoms with E-state index in [0.29, 0.717) is 19.1 Å². The lowest BCUT2D eigenvalue weighted by Crippen LogP contribution is -2.48. The van der Waals surface area contributed by atoms with Crippen molar-refractivity contribution in [3.8, 4) is 0 Å². The van der Waals surface area contributed by atoms with Gasteiger partial charge in [-0.25, -0.2) is 0 Å². The molecule has 0 bridgehead atoms. The third-order valence-corrected chi connectivity index (χ3v) is 5.03. The van der Waals surface area contributed by atoms with Crippen molar-refractivity contribution in [2.24, 2.45) is 5.41 Å². The molecule has 0 spiro atoms. The van der Waals surface area contributed by atoms with Gasteiger partial charge in [-0.3, -0.25) is 9.69 Å². The topological polar surface area (TPSA) is 56.9 Å². The summed E-state index contributed by atoms with van der Waals surface area (Å²) >= 11 is 0. The molecular formula is C18H28N2O3. The summed E-state index contributed by atoms with van der Waals surface area (Å²) in [4.78, 5) is 17.0. The Labute approximate surface area is 138 Å². The first kappa shape index (κ1) is 16.5. The second kappa shape index (κ2) is 6.65. The van der Waals surface area contributed by atoms with Gasteiger partial charge in [0.2, 0.25) is 5.91 Å². The minimum Gasteiger partial charge on any atom is -0.464 e. The predicted octanol–water partition coefficient (Wildman–Crippen LogP) is 2.17. The summed E-state index contributed by atoms with van der Waals surface area (Å²) in [6, 6.07) is 4.28. The zero-order chi connectivity index (χ0) is 16.4. The van der Waals surface area contributed by atoms with Crippen LogP contribution < -0.4 is 0 Å². The Morgan fingerprint density at radius 3 is 2.87 bits per heavy atom. The number of carbonyl (C=O) groups excluding carboxylic acids is 1. The lowest BCUT2D eigenvalue weighted by atomic mass is 9.83. The smallest absolute Gasteiger partial charge is 0.237 e. The van der Waals surface area contributed by atoms with E-state index >= 15 is 0 Å². The van der Waals surface area contributed by atoms with Gasteiger partial charge < -0.3 is 14.4 Å². The van der Waals surface area contributed by atoms with Crippen LogP contribution in [0.15, 0.2) is 16.5 Å². The molecule has 1 amide bonds. The Bertz CT molecular complexity index is 552. The van der Waals surface area contributed by atoms with E-state index in [-0.39, 0.29) is 17.9 Å². The molecular weight excluding hydrogens is 292 g/mol. The molecule has 1 N–H and O–H groups in total. The molecule has 2 heterocycles. The number of piperidine rings is 1. The van der Waals surface area contributed by atoms with E-state index in [1.165, 1.54) is 0 Å². The van der Waals surface area contributed by atoms with E-state index < -0.39 is 0 Å². The normalized spacial score (nSPS) is 25.5. The number of nitrogens with zero attached hydrogens (tertiary/aromatic N) is 2. The van der Waals surface area contributed by atoms with Crippen molar-refractivity contribution in [2.75, 3.05) is 26.2 Å². The van der Waals surface area contributed by atoms with Crippen molar-refractivity contribution in [3.05, 3.63) is 23.7 Å². The first-order chi connectivity index (χ1) is 11.0. The van der Waals surface area contributed by atoms with Crippen molar-refractivity contribution in [2.45, 2.75) is 52.1 Å². The van der Waals surface area contributed by atoms with Crippen LogP contribution in [0.2, 0.25) is 0 Å². The van der Waals surface area contributed by atoms with Gasteiger partial charge in [-0.2, -0.15) is 0 Å². The van der Waals surface area contributed by atoms with E-state index in [2.05, 4.69) is 11.8 Å². The van der Waals surface area contributed by atoms with Gasteiger partial charge in [0, 0.05) is 24.6 Å². The van der Waals surface area contributed by atoms with E-state index in [0.717, 1.165) is 50.3 Å². The molecule has 5 heteroatoms. The Morgan fingerprint density at radius 2 is 2.26 bits per heavy atom. The molecule has 5 nitrogen and oxygen atoms in total. The number of hydrogen-bond donors (Lipinski definition) is 1. The average molecular weight is 320 g/mol. The molecule has 0 aromatic carbocycles. The van der Waals surface area contributed by atoms with Crippen LogP contribution in [-0.2, 0) is 11.3 Å². The third-order valence-electron chi connectivity index (χ3n) is 5.03. The molecule has 128 valence electrons. The maximum Gasteiger partial charge on any atom is 0.237 e. The van der Waals surface area contributed by atoms with Crippen molar-refractivity contribution < 1.29 is 14.3 Å². The number of likely N-dealkylation sites (tertiary alicyclic amines) is 1. The number of aryl methyl sites for hydroxylation is 1. The molecule has 1 atom stereocenters. The van der Waals surface area contributed by atoms with Gasteiger partial charge in [0.1, 0.15) is 11.5 Å². The second-order valence-corrected chi connectivity index (χ2v) is 7.55. The minimum atomic E-state index is -0.0684. The summed E-state index contributed by atoms with van der Waals surface area (Å²) in [7, 11) is 0. The van der Waals surface area contributed by atoms with Gasteiger partial charge >= 0.3 is 0 Å². The van der Waals surface area contributed by atoms with Crippen molar-refractivity contribution >= 4 is 5.91 Å². The highest BCUT2D eigenvalue weighted by molar-refractivity contribution is 5.79. The highest BCUT2D eigenvalue weighted by Crippen LogP contribution is 2.31. The zero-order valence-electron chi connectivity index (χ0n) is 14.3. The van der Waals surface area contributed by atoms with Crippen molar-refractivity contribution in [3.63, 3.8) is 0 Å². The fourth-order valence-corrected chi connectivity index (χ4v) is 3.52. The molecule has 2 aliphatic rings. The molecule has 1 saturated heterocycles. The lowest BCUT2D eigenvalue weighted by Gasteiger charge is -2.39. The highest BCUT2D eigenvalue weighted by Gasteiger charge is 2.36. The fourth-order valence-electron chi connectivity index (χ4n) is 3.52. The Balaban J connectivity index is 1.60. The standard InChI is InChI=1S/C18H28N2O3/c1-14-4-7-16(23-14)10-20(15-5-6-15)17(22)11-19-9-3-8-18(2,12-19)13-21/h4,7,15,21H,3,5-6,8-13H2,1-2H3. The van der Waals surface area contributed by atoms with Crippen LogP contribution in [0.3, 0.4) is 0 Å². The van der Waals surface area contributed by atoms with Crippen LogP contribution >= 0.6 is 0 Å². The third kappa shape index (κ3) is 4.15. The number of amides is 1. The van der Waals surface area contributed by atoms with Crippen LogP contribution in [0.25, 0.3) is 0 Å². The lowest BCUT2D eigenvalue weighted by molar-refractivity contribution is -0.135. The van der Waals surface area contributed by atoms with Crippen LogP contribution in [0, 0.1) is 12.3 Å². The first-order valence-corrected chi connectivity index (χ1v) is 8.67. The average Bonchev–Trinajstić information content (AvgIpc) is 3.27. The van der Waals surface area contributed by atoms with Gasteiger partial charge in [-0.15, -0.1) is 0 Å². The number of hydrogen-bond acceptors (Lipinski definition) is 4. The molecule has 1 saturated carbocycles. The Kier molecular flexibility index (Phi) is 4.78. The Morgan fingerprint density at radius 1 is 1.48 bits per heavy atom. The van der Waals surface area contributed by atoms with Crippen LogP contribution in [0.1, 0.15) is 44.1 Å². The number of aliphatic hydroxyl groups excluding tert-OH is 1. The van der Waals surface area contributed by atoms with Crippen LogP contribution in [0.4, 0.5) is 0 Å². The number of furan rings is 1. The van der Waals surface area contributed by atoms with Gasteiger partial charge in [-0.1, -0.05) is 6.92 Å². The molecule has 23 heavy (non-hydrogen) atoms. The monoisotopic (exact) mass is 320 g/mol. The molecule has 1 aliphatic carbocycles. The van der Waals surface area contributed by atoms with Gasteiger partial charge in [0.05, 0.1) is 13.1 Å². The zero-order valence-corrected chi connectivity index (χ0v) is 14.3. The first-order valence-electron chi connectivity index (χ1n) is 8.67. The summed E-state index contributed by atoms with van der Waals surface area (Å²) in [6.45, 7) is 6.99. The molecule has 1 aromatic rings. The van der Waals surface area contributed by atoms with Gasteiger partial charge in [-0.05, 0) is 51.3 Å². The number of carbonyl (C=O) groups is 1. The van der Waals surface area contributed by atoms with E-state index in [1.807, 2.05) is 24.0 Å². The molecule has 0 radical (unpaired) electrons. The summed E-state index contributed by atoms with van der Waals surface area (Å²) in [5.74, 6) is 1.93. The second-order valence-electron chi connectivity index (χ2n) is 7.55. The molecule has 1 aliphatic heterocycles. The van der Waals surface area contributed by atoms with E-state index in [4.69, 9.17) is 4.42 Å². The summed E-state index contributed by atoms with van der Waals surface area (Å²) in [6.07, 6.45) is 4.27. The summed E-state index contributed by atoms with van der Waals surface area (Å²) in [5.41, 5.74) is -0.0684. The molecule has 1 unspecified atom stereocenters. The van der Waals surface area contributed by atoms with Gasteiger partial charge in [0.15, 0.2) is 0 Å². The molecule has 1 aromatic heterocycles. The number of rotatable bonds is 6. The van der Waals surface area contributed by atoms with Crippen molar-refractivity contribution in [1.82, 2.24) is 9.80 Å². The molecule has 2 fully saturated rings. The maximum atomic E-state index is 12.8. The quantitative estimate of drug-likeness (QED) is 0.873. The summed E-state index contributed by atoms with van der Waals surface area (Å²) < 4.78 is 5.64. The Hall–Kier alpha value is -1.33. The van der Waals surface area contributed by atoms with Crippen molar-refractivity contribution in [1.29, 1.82) is 0 Å². The minimum absolute atomic E-state index is 0.0684. The predicted molar refractivity (Wildman–Crippen MR) is 87.9 cm³/mol. The fraction of sp³-hybridized carbons (Fsp3) is 0.722. The molecule has 3 rings (SSSR count). The van der Waals surface area contributed by atoms with E-state index in [1.54, 1.807) is 0 Å². The van der Waals surface area contributed by atoms with Gasteiger partial charge in [0.25, 0.3) is 0 Å². The summed E-state index contributed by atoms with van der Waals surface area (Å²) in [5, 5.41) is 9.57. The largest absolute Gasteiger partial charge is 0.464 e. The van der Waals surface area contributed by atoms with E-state index in [9.17, 15) is 9.90 Å². The maximum absolute atomic E-state index is 12.8. The van der Waals surface area contributed by atoms with Crippen LogP contribution in [-0.4, -0.2) is 53.1 Å².